The van der Waals surface area contributed by atoms with Crippen molar-refractivity contribution < 1.29 is 19.1 Å². The van der Waals surface area contributed by atoms with E-state index < -0.39 is 0 Å². The summed E-state index contributed by atoms with van der Waals surface area (Å²) in [5.74, 6) is 0.936. The van der Waals surface area contributed by atoms with E-state index in [1.807, 2.05) is 36.4 Å². The van der Waals surface area contributed by atoms with Gasteiger partial charge in [0.05, 0.1) is 47.8 Å². The molecule has 0 aromatic heterocycles. The van der Waals surface area contributed by atoms with Crippen LogP contribution in [0.2, 0.25) is 0 Å². The third kappa shape index (κ3) is 11.4. The predicted molar refractivity (Wildman–Crippen MR) is 179 cm³/mol. The average molecular weight is 607 g/mol. The molecule has 10 heteroatoms. The maximum absolute atomic E-state index is 12.3. The number of benzene rings is 2. The quantitative estimate of drug-likeness (QED) is 0.205. The number of esters is 2. The molecule has 1 fully saturated rings. The molecule has 1 aliphatic heterocycles. The largest absolute Gasteiger partial charge is 0.465 e. The molecule has 2 N–H and O–H groups in total. The molecule has 2 aromatic carbocycles. The van der Waals surface area contributed by atoms with Gasteiger partial charge in [-0.2, -0.15) is 0 Å². The Kier molecular flexibility index (Phi) is 12.5. The summed E-state index contributed by atoms with van der Waals surface area (Å²) >= 11 is 0. The average Bonchev–Trinajstić information content (AvgIpc) is 2.97. The number of amidine groups is 2. The molecule has 44 heavy (non-hydrogen) atoms. The SMILES string of the molecule is COC(=O)c1ccccc1NC(CCN1CCN(CCC(=NC(C)(C)C)Nc2ccccc2C(=O)OC)CC1)=NC(C)(C)C. The fraction of sp³-hybridized carbons (Fsp3) is 0.529. The molecule has 0 spiro atoms. The lowest BCUT2D eigenvalue weighted by atomic mass is 10.1. The molecule has 240 valence electrons. The van der Waals surface area contributed by atoms with Gasteiger partial charge in [0.25, 0.3) is 0 Å². The van der Waals surface area contributed by atoms with Gasteiger partial charge in [-0.25, -0.2) is 9.59 Å². The number of aliphatic imine (C=N–C) groups is 2. The number of rotatable bonds is 10. The van der Waals surface area contributed by atoms with E-state index in [2.05, 4.69) is 62.0 Å². The van der Waals surface area contributed by atoms with Crippen molar-refractivity contribution in [2.45, 2.75) is 65.5 Å². The maximum Gasteiger partial charge on any atom is 0.339 e. The van der Waals surface area contributed by atoms with Crippen LogP contribution in [0.1, 0.15) is 75.1 Å². The number of anilines is 2. The number of ether oxygens (including phenoxy) is 2. The number of methoxy groups -OCH3 is 2. The van der Waals surface area contributed by atoms with Gasteiger partial charge in [0, 0.05) is 52.1 Å². The second-order valence-electron chi connectivity index (χ2n) is 13.0. The van der Waals surface area contributed by atoms with Crippen LogP contribution in [0.5, 0.6) is 0 Å². The number of piperazine rings is 1. The van der Waals surface area contributed by atoms with Crippen LogP contribution in [-0.4, -0.2) is 98.0 Å². The number of carbonyl (C=O) groups is 2. The van der Waals surface area contributed by atoms with Crippen LogP contribution < -0.4 is 10.6 Å². The Morgan fingerprint density at radius 2 is 1.00 bits per heavy atom. The fourth-order valence-corrected chi connectivity index (χ4v) is 4.94. The highest BCUT2D eigenvalue weighted by Gasteiger charge is 2.21. The summed E-state index contributed by atoms with van der Waals surface area (Å²) in [4.78, 5) is 39.4. The van der Waals surface area contributed by atoms with Crippen LogP contribution in [0.25, 0.3) is 0 Å². The fourth-order valence-electron chi connectivity index (χ4n) is 4.94. The zero-order chi connectivity index (χ0) is 32.3. The summed E-state index contributed by atoms with van der Waals surface area (Å²) in [6.45, 7) is 17.9. The van der Waals surface area contributed by atoms with Gasteiger partial charge in [0.2, 0.25) is 0 Å². The van der Waals surface area contributed by atoms with Gasteiger partial charge in [0.1, 0.15) is 11.7 Å². The van der Waals surface area contributed by atoms with Gasteiger partial charge in [-0.05, 0) is 65.8 Å². The van der Waals surface area contributed by atoms with Gasteiger partial charge >= 0.3 is 11.9 Å². The molecule has 0 bridgehead atoms. The van der Waals surface area contributed by atoms with E-state index in [0.29, 0.717) is 22.5 Å². The van der Waals surface area contributed by atoms with E-state index in [1.54, 1.807) is 12.1 Å². The molecule has 1 heterocycles. The van der Waals surface area contributed by atoms with Gasteiger partial charge in [-0.3, -0.25) is 9.98 Å². The summed E-state index contributed by atoms with van der Waals surface area (Å²) in [5, 5.41) is 6.83. The van der Waals surface area contributed by atoms with E-state index >= 15 is 0 Å². The number of hydrogen-bond donors (Lipinski definition) is 2. The Bertz CT molecular complexity index is 1220. The minimum Gasteiger partial charge on any atom is -0.465 e. The Morgan fingerprint density at radius 1 is 0.659 bits per heavy atom. The third-order valence-corrected chi connectivity index (χ3v) is 6.96. The van der Waals surface area contributed by atoms with Crippen molar-refractivity contribution in [3.63, 3.8) is 0 Å². The summed E-state index contributed by atoms with van der Waals surface area (Å²) < 4.78 is 9.94. The highest BCUT2D eigenvalue weighted by Crippen LogP contribution is 2.20. The molecule has 0 unspecified atom stereocenters. The number of nitrogens with one attached hydrogen (secondary N) is 2. The normalized spacial score (nSPS) is 15.5. The first-order valence-corrected chi connectivity index (χ1v) is 15.3. The minimum absolute atomic E-state index is 0.265. The standard InChI is InChI=1S/C34H50N6O4/c1-33(2,3)37-29(35-27-15-11-9-13-25(27)31(41)43-7)17-19-39-21-23-40(24-22-39)20-18-30(38-34(4,5)6)36-28-16-12-10-14-26(28)32(42)44-8/h9-16H,17-24H2,1-8H3,(H,35,37)(H,36,38). The predicted octanol–water partition coefficient (Wildman–Crippen LogP) is 5.58. The first-order chi connectivity index (χ1) is 20.8. The zero-order valence-electron chi connectivity index (χ0n) is 27.7. The van der Waals surface area contributed by atoms with Crippen LogP contribution in [0.4, 0.5) is 11.4 Å². The van der Waals surface area contributed by atoms with Gasteiger partial charge in [0.15, 0.2) is 0 Å². The third-order valence-electron chi connectivity index (χ3n) is 6.96. The van der Waals surface area contributed by atoms with E-state index in [1.165, 1.54) is 14.2 Å². The topological polar surface area (TPSA) is 108 Å². The molecule has 0 amide bonds. The summed E-state index contributed by atoms with van der Waals surface area (Å²) in [5.41, 5.74) is 1.84. The molecule has 0 aliphatic carbocycles. The Morgan fingerprint density at radius 3 is 1.32 bits per heavy atom. The lowest BCUT2D eigenvalue weighted by Crippen LogP contribution is -2.47. The van der Waals surface area contributed by atoms with Gasteiger partial charge in [-0.1, -0.05) is 24.3 Å². The minimum atomic E-state index is -0.377. The van der Waals surface area contributed by atoms with Crippen molar-refractivity contribution in [2.24, 2.45) is 9.98 Å². The van der Waals surface area contributed by atoms with E-state index in [0.717, 1.165) is 63.8 Å². The molecule has 0 radical (unpaired) electrons. The Hall–Kier alpha value is -3.76. The molecule has 2 aromatic rings. The first-order valence-electron chi connectivity index (χ1n) is 15.3. The first kappa shape index (κ1) is 34.7. The molecule has 3 rings (SSSR count). The number of hydrogen-bond acceptors (Lipinski definition) is 8. The van der Waals surface area contributed by atoms with Crippen molar-refractivity contribution in [1.82, 2.24) is 9.80 Å². The molecule has 10 nitrogen and oxygen atoms in total. The van der Waals surface area contributed by atoms with Crippen molar-refractivity contribution in [2.75, 3.05) is 64.1 Å². The second-order valence-corrected chi connectivity index (χ2v) is 13.0. The smallest absolute Gasteiger partial charge is 0.339 e. The number of carbonyl (C=O) groups excluding carboxylic acids is 2. The lowest BCUT2D eigenvalue weighted by Gasteiger charge is -2.35. The summed E-state index contributed by atoms with van der Waals surface area (Å²) in [6, 6.07) is 14.7. The highest BCUT2D eigenvalue weighted by atomic mass is 16.5. The van der Waals surface area contributed by atoms with Crippen molar-refractivity contribution in [3.8, 4) is 0 Å². The molecular weight excluding hydrogens is 556 g/mol. The monoisotopic (exact) mass is 606 g/mol. The number of para-hydroxylation sites is 2. The zero-order valence-corrected chi connectivity index (χ0v) is 27.7. The molecular formula is C34H50N6O4. The maximum atomic E-state index is 12.3. The van der Waals surface area contributed by atoms with Crippen molar-refractivity contribution >= 4 is 35.0 Å². The molecule has 0 saturated carbocycles. The van der Waals surface area contributed by atoms with Crippen molar-refractivity contribution in [3.05, 3.63) is 59.7 Å². The van der Waals surface area contributed by atoms with Crippen LogP contribution in [0, 0.1) is 0 Å². The molecule has 1 aliphatic rings. The van der Waals surface area contributed by atoms with E-state index in [4.69, 9.17) is 19.5 Å². The van der Waals surface area contributed by atoms with E-state index in [9.17, 15) is 9.59 Å². The van der Waals surface area contributed by atoms with Crippen molar-refractivity contribution in [1.29, 1.82) is 0 Å². The highest BCUT2D eigenvalue weighted by molar-refractivity contribution is 6.04. The van der Waals surface area contributed by atoms with Crippen LogP contribution in [0.3, 0.4) is 0 Å². The van der Waals surface area contributed by atoms with Gasteiger partial charge < -0.3 is 29.9 Å². The van der Waals surface area contributed by atoms with Gasteiger partial charge in [-0.15, -0.1) is 0 Å². The summed E-state index contributed by atoms with van der Waals surface area (Å²) in [6.07, 6.45) is 1.47. The Labute approximate surface area is 262 Å². The molecule has 0 atom stereocenters. The Balaban J connectivity index is 1.59. The van der Waals surface area contributed by atoms with E-state index in [-0.39, 0.29) is 23.0 Å². The molecule has 1 saturated heterocycles. The van der Waals surface area contributed by atoms with Crippen LogP contribution in [0.15, 0.2) is 58.5 Å². The second kappa shape index (κ2) is 15.8. The lowest BCUT2D eigenvalue weighted by molar-refractivity contribution is 0.0593. The van der Waals surface area contributed by atoms with Crippen LogP contribution >= 0.6 is 0 Å². The van der Waals surface area contributed by atoms with Crippen LogP contribution in [-0.2, 0) is 9.47 Å². The summed E-state index contributed by atoms with van der Waals surface area (Å²) in [7, 11) is 2.78. The number of nitrogens with zero attached hydrogens (tertiary/aromatic N) is 4.